The van der Waals surface area contributed by atoms with Gasteiger partial charge in [-0.15, -0.1) is 0 Å². The van der Waals surface area contributed by atoms with Crippen LogP contribution in [-0.4, -0.2) is 55.8 Å². The van der Waals surface area contributed by atoms with E-state index >= 15 is 0 Å². The standard InChI is InChI=1S/C17H21N5O2/c23-16-4-2-7-21(16)10-13-9-20-8-6-19-15(20)12-22(11-13)17(24)14-3-1-5-18-14/h1,3,5-6,8,13,18H,2,4,7,9-12H2. The summed E-state index contributed by atoms with van der Waals surface area (Å²) in [6.07, 6.45) is 7.07. The van der Waals surface area contributed by atoms with Crippen LogP contribution in [0.4, 0.5) is 0 Å². The lowest BCUT2D eigenvalue weighted by atomic mass is 10.1. The number of hydrogen-bond acceptors (Lipinski definition) is 3. The fourth-order valence-electron chi connectivity index (χ4n) is 3.65. The van der Waals surface area contributed by atoms with Gasteiger partial charge in [-0.3, -0.25) is 9.59 Å². The molecule has 24 heavy (non-hydrogen) atoms. The second kappa shape index (κ2) is 6.14. The Labute approximate surface area is 140 Å². The van der Waals surface area contributed by atoms with E-state index in [4.69, 9.17) is 0 Å². The van der Waals surface area contributed by atoms with Gasteiger partial charge in [0.2, 0.25) is 5.91 Å². The first-order chi connectivity index (χ1) is 11.7. The van der Waals surface area contributed by atoms with E-state index in [-0.39, 0.29) is 17.7 Å². The van der Waals surface area contributed by atoms with Crippen molar-refractivity contribution in [3.63, 3.8) is 0 Å². The van der Waals surface area contributed by atoms with E-state index in [1.165, 1.54) is 0 Å². The highest BCUT2D eigenvalue weighted by Gasteiger charge is 2.30. The van der Waals surface area contributed by atoms with Crippen LogP contribution in [0.15, 0.2) is 30.7 Å². The topological polar surface area (TPSA) is 74.2 Å². The summed E-state index contributed by atoms with van der Waals surface area (Å²) in [7, 11) is 0. The Morgan fingerprint density at radius 1 is 1.38 bits per heavy atom. The third-order valence-electron chi connectivity index (χ3n) is 4.83. The first kappa shape index (κ1) is 15.0. The van der Waals surface area contributed by atoms with Crippen molar-refractivity contribution in [3.8, 4) is 0 Å². The van der Waals surface area contributed by atoms with Gasteiger partial charge in [-0.25, -0.2) is 4.98 Å². The fourth-order valence-corrected chi connectivity index (χ4v) is 3.65. The molecule has 2 aromatic rings. The lowest BCUT2D eigenvalue weighted by Gasteiger charge is -2.27. The van der Waals surface area contributed by atoms with Crippen molar-refractivity contribution in [2.75, 3.05) is 19.6 Å². The Balaban J connectivity index is 1.56. The summed E-state index contributed by atoms with van der Waals surface area (Å²) >= 11 is 0. The number of carbonyl (C=O) groups is 2. The first-order valence-electron chi connectivity index (χ1n) is 8.41. The monoisotopic (exact) mass is 327 g/mol. The third-order valence-corrected chi connectivity index (χ3v) is 4.83. The number of nitrogens with one attached hydrogen (secondary N) is 1. The van der Waals surface area contributed by atoms with Gasteiger partial charge in [0.15, 0.2) is 0 Å². The van der Waals surface area contributed by atoms with Crippen molar-refractivity contribution in [3.05, 3.63) is 42.2 Å². The van der Waals surface area contributed by atoms with E-state index in [1.807, 2.05) is 22.1 Å². The predicted molar refractivity (Wildman–Crippen MR) is 87.1 cm³/mol. The predicted octanol–water partition coefficient (Wildman–Crippen LogP) is 1.11. The molecule has 4 heterocycles. The number of aromatic amines is 1. The summed E-state index contributed by atoms with van der Waals surface area (Å²) in [5.41, 5.74) is 0.589. The summed E-state index contributed by atoms with van der Waals surface area (Å²) in [5.74, 6) is 1.31. The maximum Gasteiger partial charge on any atom is 0.270 e. The SMILES string of the molecule is O=C1CCCN1CC1CN(C(=O)c2ccc[nH]2)Cc2nccn2C1. The van der Waals surface area contributed by atoms with Gasteiger partial charge in [0.1, 0.15) is 11.5 Å². The van der Waals surface area contributed by atoms with Crippen molar-refractivity contribution >= 4 is 11.8 Å². The normalized spacial score (nSPS) is 21.0. The van der Waals surface area contributed by atoms with Crippen LogP contribution in [0.25, 0.3) is 0 Å². The lowest BCUT2D eigenvalue weighted by Crippen LogP contribution is -2.39. The summed E-state index contributed by atoms with van der Waals surface area (Å²) < 4.78 is 2.10. The number of hydrogen-bond donors (Lipinski definition) is 1. The Kier molecular flexibility index (Phi) is 3.84. The first-order valence-corrected chi connectivity index (χ1v) is 8.41. The van der Waals surface area contributed by atoms with E-state index in [2.05, 4.69) is 14.5 Å². The zero-order valence-electron chi connectivity index (χ0n) is 13.5. The molecular weight excluding hydrogens is 306 g/mol. The number of amides is 2. The van der Waals surface area contributed by atoms with Gasteiger partial charge in [-0.2, -0.15) is 0 Å². The molecule has 1 N–H and O–H groups in total. The van der Waals surface area contributed by atoms with Crippen molar-refractivity contribution in [2.24, 2.45) is 5.92 Å². The Bertz CT molecular complexity index is 736. The largest absolute Gasteiger partial charge is 0.357 e. The molecule has 0 radical (unpaired) electrons. The van der Waals surface area contributed by atoms with Crippen LogP contribution in [0.5, 0.6) is 0 Å². The number of H-pyrrole nitrogens is 1. The Hall–Kier alpha value is -2.57. The van der Waals surface area contributed by atoms with Crippen LogP contribution in [0, 0.1) is 5.92 Å². The average Bonchev–Trinajstić information content (AvgIpc) is 3.29. The molecule has 2 aliphatic rings. The van der Waals surface area contributed by atoms with Crippen LogP contribution in [0.2, 0.25) is 0 Å². The molecule has 0 saturated carbocycles. The number of likely N-dealkylation sites (tertiary alicyclic amines) is 1. The van der Waals surface area contributed by atoms with Gasteiger partial charge in [0.05, 0.1) is 6.54 Å². The van der Waals surface area contributed by atoms with Gasteiger partial charge in [-0.1, -0.05) is 0 Å². The highest BCUT2D eigenvalue weighted by Crippen LogP contribution is 2.20. The molecule has 126 valence electrons. The molecule has 2 aromatic heterocycles. The maximum absolute atomic E-state index is 12.8. The quantitative estimate of drug-likeness (QED) is 0.917. The number of aromatic nitrogens is 3. The Morgan fingerprint density at radius 3 is 3.04 bits per heavy atom. The van der Waals surface area contributed by atoms with Crippen LogP contribution in [-0.2, 0) is 17.9 Å². The van der Waals surface area contributed by atoms with E-state index in [0.717, 1.165) is 25.3 Å². The highest BCUT2D eigenvalue weighted by atomic mass is 16.2. The molecule has 7 heteroatoms. The molecule has 1 unspecified atom stereocenters. The number of fused-ring (bicyclic) bond motifs is 1. The smallest absolute Gasteiger partial charge is 0.270 e. The molecule has 2 amide bonds. The molecule has 0 aromatic carbocycles. The Morgan fingerprint density at radius 2 is 2.29 bits per heavy atom. The van der Waals surface area contributed by atoms with Crippen LogP contribution < -0.4 is 0 Å². The summed E-state index contributed by atoms with van der Waals surface area (Å²) in [4.78, 5) is 35.9. The van der Waals surface area contributed by atoms with Crippen LogP contribution in [0.3, 0.4) is 0 Å². The minimum atomic E-state index is -0.0193. The molecule has 1 atom stereocenters. The summed E-state index contributed by atoms with van der Waals surface area (Å²) in [6.45, 7) is 3.44. The minimum absolute atomic E-state index is 0.0193. The molecular formula is C17H21N5O2. The second-order valence-corrected chi connectivity index (χ2v) is 6.57. The molecule has 1 saturated heterocycles. The van der Waals surface area contributed by atoms with Gasteiger partial charge >= 0.3 is 0 Å². The zero-order valence-corrected chi connectivity index (χ0v) is 13.5. The van der Waals surface area contributed by atoms with E-state index in [1.54, 1.807) is 18.5 Å². The van der Waals surface area contributed by atoms with Crippen molar-refractivity contribution < 1.29 is 9.59 Å². The van der Waals surface area contributed by atoms with Crippen LogP contribution >= 0.6 is 0 Å². The highest BCUT2D eigenvalue weighted by molar-refractivity contribution is 5.92. The summed E-state index contributed by atoms with van der Waals surface area (Å²) in [6, 6.07) is 3.62. The molecule has 0 aliphatic carbocycles. The third kappa shape index (κ3) is 2.81. The van der Waals surface area contributed by atoms with Crippen LogP contribution in [0.1, 0.15) is 29.2 Å². The molecule has 7 nitrogen and oxygen atoms in total. The number of imidazole rings is 1. The van der Waals surface area contributed by atoms with E-state index in [0.29, 0.717) is 31.7 Å². The van der Waals surface area contributed by atoms with Crippen molar-refractivity contribution in [1.29, 1.82) is 0 Å². The average molecular weight is 327 g/mol. The van der Waals surface area contributed by atoms with E-state index in [9.17, 15) is 9.59 Å². The van der Waals surface area contributed by atoms with Gasteiger partial charge in [-0.05, 0) is 18.6 Å². The molecule has 2 aliphatic heterocycles. The second-order valence-electron chi connectivity index (χ2n) is 6.57. The van der Waals surface area contributed by atoms with Crippen molar-refractivity contribution in [1.82, 2.24) is 24.3 Å². The molecule has 4 rings (SSSR count). The van der Waals surface area contributed by atoms with Gasteiger partial charge in [0.25, 0.3) is 5.91 Å². The van der Waals surface area contributed by atoms with Gasteiger partial charge < -0.3 is 19.4 Å². The fraction of sp³-hybridized carbons (Fsp3) is 0.471. The molecule has 1 fully saturated rings. The maximum atomic E-state index is 12.8. The minimum Gasteiger partial charge on any atom is -0.357 e. The lowest BCUT2D eigenvalue weighted by molar-refractivity contribution is -0.128. The summed E-state index contributed by atoms with van der Waals surface area (Å²) in [5, 5.41) is 0. The number of carbonyl (C=O) groups excluding carboxylic acids is 2. The molecule has 0 bridgehead atoms. The van der Waals surface area contributed by atoms with E-state index < -0.39 is 0 Å². The molecule has 0 spiro atoms. The van der Waals surface area contributed by atoms with Gasteiger partial charge in [0, 0.05) is 57.1 Å². The number of rotatable bonds is 3. The zero-order chi connectivity index (χ0) is 16.5. The number of nitrogens with zero attached hydrogens (tertiary/aromatic N) is 4. The van der Waals surface area contributed by atoms with Crippen molar-refractivity contribution in [2.45, 2.75) is 25.9 Å².